The molecule has 0 amide bonds. The number of hydrogen-bond acceptors (Lipinski definition) is 5. The fourth-order valence-corrected chi connectivity index (χ4v) is 3.68. The van der Waals surface area contributed by atoms with E-state index in [9.17, 15) is 14.9 Å². The first kappa shape index (κ1) is 18.5. The lowest BCUT2D eigenvalue weighted by Gasteiger charge is -2.28. The summed E-state index contributed by atoms with van der Waals surface area (Å²) in [5.74, 6) is -1.90. The number of benzene rings is 1. The van der Waals surface area contributed by atoms with Crippen LogP contribution in [0.3, 0.4) is 0 Å². The molecule has 5 nitrogen and oxygen atoms in total. The Morgan fingerprint density at radius 2 is 1.96 bits per heavy atom. The molecule has 0 heterocycles. The van der Waals surface area contributed by atoms with Crippen molar-refractivity contribution in [2.45, 2.75) is 12.3 Å². The van der Waals surface area contributed by atoms with Crippen LogP contribution in [0.2, 0.25) is 0 Å². The summed E-state index contributed by atoms with van der Waals surface area (Å²) in [4.78, 5) is 24.1. The van der Waals surface area contributed by atoms with E-state index in [1.165, 1.54) is 20.3 Å². The lowest BCUT2D eigenvalue weighted by Crippen LogP contribution is -2.34. The van der Waals surface area contributed by atoms with E-state index in [1.54, 1.807) is 12.2 Å². The lowest BCUT2D eigenvalue weighted by atomic mass is 9.72. The first-order chi connectivity index (χ1) is 12.0. The first-order valence-corrected chi connectivity index (χ1v) is 7.97. The lowest BCUT2D eigenvalue weighted by molar-refractivity contribution is -0.150. The molecule has 130 valence electrons. The number of esters is 2. The van der Waals surface area contributed by atoms with Crippen LogP contribution in [-0.2, 0) is 19.1 Å². The van der Waals surface area contributed by atoms with E-state index in [0.717, 1.165) is 5.56 Å². The highest BCUT2D eigenvalue weighted by Crippen LogP contribution is 2.56. The van der Waals surface area contributed by atoms with E-state index in [1.807, 2.05) is 30.3 Å². The molecule has 0 spiro atoms. The average molecular weight is 339 g/mol. The Balaban J connectivity index is 2.60. The maximum Gasteiger partial charge on any atom is 0.330 e. The monoisotopic (exact) mass is 339 g/mol. The number of nitriles is 1. The highest BCUT2D eigenvalue weighted by molar-refractivity contribution is 5.83. The molecule has 0 aromatic heterocycles. The van der Waals surface area contributed by atoms with Gasteiger partial charge in [0.1, 0.15) is 0 Å². The van der Waals surface area contributed by atoms with Gasteiger partial charge in [-0.1, -0.05) is 42.5 Å². The molecule has 0 saturated heterocycles. The Hall–Kier alpha value is -2.87. The molecule has 1 fully saturated rings. The normalized spacial score (nSPS) is 28.3. The van der Waals surface area contributed by atoms with Gasteiger partial charge in [0.2, 0.25) is 0 Å². The van der Waals surface area contributed by atoms with Crippen LogP contribution in [0, 0.1) is 28.6 Å². The van der Waals surface area contributed by atoms with Crippen molar-refractivity contribution in [2.75, 3.05) is 14.2 Å². The SMILES string of the molecule is C=C[C@H]1C[C@](C#N)(C(=O)OC)[C@@H](c2ccccc2)[C@@H]1/C=C/C(=O)OC. The number of carbonyl (C=O) groups excluding carboxylic acids is 2. The summed E-state index contributed by atoms with van der Waals surface area (Å²) in [6, 6.07) is 11.5. The van der Waals surface area contributed by atoms with E-state index in [2.05, 4.69) is 17.4 Å². The second-order valence-electron chi connectivity index (χ2n) is 6.03. The van der Waals surface area contributed by atoms with Crippen molar-refractivity contribution in [1.82, 2.24) is 0 Å². The summed E-state index contributed by atoms with van der Waals surface area (Å²) in [7, 11) is 2.58. The smallest absolute Gasteiger partial charge is 0.330 e. The molecule has 0 N–H and O–H groups in total. The van der Waals surface area contributed by atoms with E-state index in [0.29, 0.717) is 0 Å². The molecule has 2 rings (SSSR count). The van der Waals surface area contributed by atoms with E-state index in [4.69, 9.17) is 4.74 Å². The molecular weight excluding hydrogens is 318 g/mol. The predicted molar refractivity (Wildman–Crippen MR) is 92.2 cm³/mol. The van der Waals surface area contributed by atoms with Gasteiger partial charge in [-0.25, -0.2) is 4.79 Å². The molecule has 5 heteroatoms. The summed E-state index contributed by atoms with van der Waals surface area (Å²) in [5, 5.41) is 9.90. The van der Waals surface area contributed by atoms with Crippen LogP contribution in [-0.4, -0.2) is 26.2 Å². The minimum Gasteiger partial charge on any atom is -0.468 e. The summed E-state index contributed by atoms with van der Waals surface area (Å²) in [5.41, 5.74) is -0.488. The highest BCUT2D eigenvalue weighted by Gasteiger charge is 2.58. The molecule has 4 atom stereocenters. The van der Waals surface area contributed by atoms with Gasteiger partial charge in [0.15, 0.2) is 5.41 Å². The number of rotatable bonds is 5. The van der Waals surface area contributed by atoms with Gasteiger partial charge >= 0.3 is 11.9 Å². The largest absolute Gasteiger partial charge is 0.468 e. The Kier molecular flexibility index (Phi) is 5.76. The van der Waals surface area contributed by atoms with Crippen molar-refractivity contribution < 1.29 is 19.1 Å². The third kappa shape index (κ3) is 3.34. The van der Waals surface area contributed by atoms with Crippen molar-refractivity contribution in [1.29, 1.82) is 5.26 Å². The van der Waals surface area contributed by atoms with Crippen LogP contribution in [0.1, 0.15) is 17.9 Å². The third-order valence-electron chi connectivity index (χ3n) is 4.83. The number of nitrogens with zero attached hydrogens (tertiary/aromatic N) is 1. The Morgan fingerprint density at radius 3 is 2.48 bits per heavy atom. The van der Waals surface area contributed by atoms with Crippen LogP contribution in [0.4, 0.5) is 0 Å². The zero-order valence-electron chi connectivity index (χ0n) is 14.3. The molecule has 1 aliphatic rings. The molecule has 0 unspecified atom stereocenters. The molecular formula is C20H21NO4. The topological polar surface area (TPSA) is 76.4 Å². The van der Waals surface area contributed by atoms with Gasteiger partial charge in [-0.05, 0) is 23.8 Å². The zero-order valence-corrected chi connectivity index (χ0v) is 14.3. The highest BCUT2D eigenvalue weighted by atomic mass is 16.5. The molecule has 1 aromatic rings. The molecule has 25 heavy (non-hydrogen) atoms. The summed E-state index contributed by atoms with van der Waals surface area (Å²) < 4.78 is 9.62. The Bertz CT molecular complexity index is 719. The quantitative estimate of drug-likeness (QED) is 0.468. The first-order valence-electron chi connectivity index (χ1n) is 7.97. The molecule has 1 aromatic carbocycles. The maximum atomic E-state index is 12.6. The second-order valence-corrected chi connectivity index (χ2v) is 6.03. The molecule has 1 aliphatic carbocycles. The van der Waals surface area contributed by atoms with Gasteiger partial charge in [0, 0.05) is 12.0 Å². The van der Waals surface area contributed by atoms with Crippen LogP contribution in [0.25, 0.3) is 0 Å². The number of carbonyl (C=O) groups is 2. The van der Waals surface area contributed by atoms with Crippen molar-refractivity contribution in [3.63, 3.8) is 0 Å². The van der Waals surface area contributed by atoms with Gasteiger partial charge < -0.3 is 9.47 Å². The van der Waals surface area contributed by atoms with Gasteiger partial charge in [-0.15, -0.1) is 6.58 Å². The van der Waals surface area contributed by atoms with E-state index < -0.39 is 23.3 Å². The molecule has 0 bridgehead atoms. The Morgan fingerprint density at radius 1 is 1.28 bits per heavy atom. The number of ether oxygens (including phenoxy) is 2. The van der Waals surface area contributed by atoms with Crippen LogP contribution >= 0.6 is 0 Å². The molecule has 0 radical (unpaired) electrons. The minimum absolute atomic E-state index is 0.148. The summed E-state index contributed by atoms with van der Waals surface area (Å²) in [6.07, 6.45) is 5.05. The van der Waals surface area contributed by atoms with Crippen LogP contribution in [0.15, 0.2) is 55.1 Å². The summed E-state index contributed by atoms with van der Waals surface area (Å²) in [6.45, 7) is 3.84. The average Bonchev–Trinajstić information content (AvgIpc) is 3.00. The number of methoxy groups -OCH3 is 2. The second kappa shape index (κ2) is 7.80. The van der Waals surface area contributed by atoms with Crippen molar-refractivity contribution in [2.24, 2.45) is 17.3 Å². The number of hydrogen-bond donors (Lipinski definition) is 0. The van der Waals surface area contributed by atoms with E-state index in [-0.39, 0.29) is 18.3 Å². The minimum atomic E-state index is -1.33. The van der Waals surface area contributed by atoms with Gasteiger partial charge in [0.05, 0.1) is 20.3 Å². The zero-order chi connectivity index (χ0) is 18.4. The fourth-order valence-electron chi connectivity index (χ4n) is 3.68. The fraction of sp³-hybridized carbons (Fsp3) is 0.350. The Labute approximate surface area is 147 Å². The maximum absolute atomic E-state index is 12.6. The van der Waals surface area contributed by atoms with Crippen molar-refractivity contribution >= 4 is 11.9 Å². The number of allylic oxidation sites excluding steroid dienone is 2. The molecule has 0 aliphatic heterocycles. The van der Waals surface area contributed by atoms with E-state index >= 15 is 0 Å². The van der Waals surface area contributed by atoms with Crippen molar-refractivity contribution in [3.05, 3.63) is 60.7 Å². The molecule has 1 saturated carbocycles. The summed E-state index contributed by atoms with van der Waals surface area (Å²) >= 11 is 0. The van der Waals surface area contributed by atoms with Gasteiger partial charge in [-0.3, -0.25) is 4.79 Å². The van der Waals surface area contributed by atoms with Crippen molar-refractivity contribution in [3.8, 4) is 6.07 Å². The predicted octanol–water partition coefficient (Wildman–Crippen LogP) is 3.00. The van der Waals surface area contributed by atoms with Crippen LogP contribution in [0.5, 0.6) is 0 Å². The third-order valence-corrected chi connectivity index (χ3v) is 4.83. The van der Waals surface area contributed by atoms with Gasteiger partial charge in [0.25, 0.3) is 0 Å². The standard InChI is InChI=1S/C20H21NO4/c1-4-14-12-20(13-21,19(23)25-3)18(15-8-6-5-7-9-15)16(14)10-11-17(22)24-2/h4-11,14,16,18H,1,12H2,2-3H3/b11-10+/t14-,16+,18-,20+/m0/s1. The van der Waals surface area contributed by atoms with Crippen LogP contribution < -0.4 is 0 Å². The van der Waals surface area contributed by atoms with Gasteiger partial charge in [-0.2, -0.15) is 5.26 Å².